The van der Waals surface area contributed by atoms with E-state index in [-0.39, 0.29) is 5.69 Å². The summed E-state index contributed by atoms with van der Waals surface area (Å²) in [6.07, 6.45) is 1.64. The van der Waals surface area contributed by atoms with Gasteiger partial charge in [-0.15, -0.1) is 6.58 Å². The van der Waals surface area contributed by atoms with Crippen LogP contribution in [0.1, 0.15) is 0 Å². The van der Waals surface area contributed by atoms with Gasteiger partial charge in [0.1, 0.15) is 11.4 Å². The molecule has 0 saturated heterocycles. The van der Waals surface area contributed by atoms with Crippen molar-refractivity contribution in [1.29, 1.82) is 0 Å². The normalized spacial score (nSPS) is 9.39. The predicted molar refractivity (Wildman–Crippen MR) is 74.1 cm³/mol. The highest BCUT2D eigenvalue weighted by atomic mass is 32.1. The number of nitrogens with zero attached hydrogens (tertiary/aromatic N) is 1. The average molecular weight is 267 g/mol. The molecule has 0 aliphatic carbocycles. The summed E-state index contributed by atoms with van der Waals surface area (Å²) in [6, 6.07) is 4.49. The number of nitro groups is 1. The van der Waals surface area contributed by atoms with E-state index in [0.29, 0.717) is 23.1 Å². The topological polar surface area (TPSA) is 76.4 Å². The first-order valence-electron chi connectivity index (χ1n) is 5.06. The smallest absolute Gasteiger partial charge is 0.296 e. The lowest BCUT2D eigenvalue weighted by Gasteiger charge is -2.10. The van der Waals surface area contributed by atoms with Gasteiger partial charge >= 0.3 is 0 Å². The largest absolute Gasteiger partial charge is 0.496 e. The molecule has 18 heavy (non-hydrogen) atoms. The van der Waals surface area contributed by atoms with Gasteiger partial charge < -0.3 is 15.4 Å². The van der Waals surface area contributed by atoms with E-state index in [1.165, 1.54) is 13.2 Å². The van der Waals surface area contributed by atoms with E-state index in [1.54, 1.807) is 18.2 Å². The van der Waals surface area contributed by atoms with Gasteiger partial charge in [-0.3, -0.25) is 10.1 Å². The van der Waals surface area contributed by atoms with Gasteiger partial charge in [0.05, 0.1) is 18.1 Å². The highest BCUT2D eigenvalue weighted by Gasteiger charge is 2.15. The number of thiocarbonyl (C=S) groups is 1. The second kappa shape index (κ2) is 6.55. The van der Waals surface area contributed by atoms with Gasteiger partial charge in [-0.2, -0.15) is 0 Å². The predicted octanol–water partition coefficient (Wildman–Crippen LogP) is 2.08. The van der Waals surface area contributed by atoms with Crippen LogP contribution in [-0.4, -0.2) is 23.7 Å². The Balaban J connectivity index is 2.90. The van der Waals surface area contributed by atoms with Crippen LogP contribution in [0.3, 0.4) is 0 Å². The van der Waals surface area contributed by atoms with Crippen LogP contribution in [0, 0.1) is 10.1 Å². The molecular weight excluding hydrogens is 254 g/mol. The fourth-order valence-electron chi connectivity index (χ4n) is 1.23. The zero-order valence-corrected chi connectivity index (χ0v) is 10.6. The molecule has 7 heteroatoms. The Bertz CT molecular complexity index is 477. The van der Waals surface area contributed by atoms with Gasteiger partial charge in [-0.05, 0) is 24.4 Å². The van der Waals surface area contributed by atoms with Crippen LogP contribution in [0.25, 0.3) is 0 Å². The molecule has 0 amide bonds. The lowest BCUT2D eigenvalue weighted by atomic mass is 10.2. The van der Waals surface area contributed by atoms with Crippen molar-refractivity contribution in [1.82, 2.24) is 5.32 Å². The first-order valence-corrected chi connectivity index (χ1v) is 5.47. The molecule has 0 atom stereocenters. The van der Waals surface area contributed by atoms with Crippen molar-refractivity contribution in [3.05, 3.63) is 41.0 Å². The molecule has 0 heterocycles. The van der Waals surface area contributed by atoms with Crippen molar-refractivity contribution in [2.45, 2.75) is 0 Å². The molecular formula is C11H13N3O3S. The number of benzene rings is 1. The molecule has 0 saturated carbocycles. The van der Waals surface area contributed by atoms with E-state index in [9.17, 15) is 10.1 Å². The number of ether oxygens (including phenoxy) is 1. The third-order valence-electron chi connectivity index (χ3n) is 2.06. The maximum atomic E-state index is 10.9. The van der Waals surface area contributed by atoms with Gasteiger partial charge in [-0.25, -0.2) is 0 Å². The highest BCUT2D eigenvalue weighted by Crippen LogP contribution is 2.28. The summed E-state index contributed by atoms with van der Waals surface area (Å²) in [7, 11) is 1.45. The number of rotatable bonds is 5. The fourth-order valence-corrected chi connectivity index (χ4v) is 1.42. The van der Waals surface area contributed by atoms with E-state index in [2.05, 4.69) is 17.2 Å². The molecule has 6 nitrogen and oxygen atoms in total. The summed E-state index contributed by atoms with van der Waals surface area (Å²) in [5.41, 5.74) is 0.208. The Morgan fingerprint density at radius 1 is 1.67 bits per heavy atom. The number of hydrogen-bond donors (Lipinski definition) is 2. The van der Waals surface area contributed by atoms with E-state index in [1.807, 2.05) is 0 Å². The molecule has 0 aromatic heterocycles. The standard InChI is InChI=1S/C11H13N3O3S/c1-3-6-12-11(18)13-9-5-4-8(17-2)7-10(9)14(15)16/h3-5,7H,1,6H2,2H3,(H2,12,13,18). The van der Waals surface area contributed by atoms with Crippen molar-refractivity contribution in [3.63, 3.8) is 0 Å². The first kappa shape index (κ1) is 13.9. The quantitative estimate of drug-likeness (QED) is 0.368. The van der Waals surface area contributed by atoms with Crippen LogP contribution in [0.5, 0.6) is 5.75 Å². The average Bonchev–Trinajstić information content (AvgIpc) is 2.36. The Kier molecular flexibility index (Phi) is 5.06. The number of hydrogen-bond acceptors (Lipinski definition) is 4. The Labute approximate surface area is 110 Å². The van der Waals surface area contributed by atoms with E-state index < -0.39 is 4.92 Å². The van der Waals surface area contributed by atoms with Gasteiger partial charge in [0.2, 0.25) is 0 Å². The second-order valence-electron chi connectivity index (χ2n) is 3.26. The van der Waals surface area contributed by atoms with Crippen molar-refractivity contribution in [2.24, 2.45) is 0 Å². The Morgan fingerprint density at radius 2 is 2.39 bits per heavy atom. The van der Waals surface area contributed by atoms with Crippen molar-refractivity contribution < 1.29 is 9.66 Å². The molecule has 2 N–H and O–H groups in total. The minimum Gasteiger partial charge on any atom is -0.496 e. The van der Waals surface area contributed by atoms with Gasteiger partial charge in [-0.1, -0.05) is 6.08 Å². The Morgan fingerprint density at radius 3 is 2.94 bits per heavy atom. The third kappa shape index (κ3) is 3.70. The minimum atomic E-state index is -0.499. The minimum absolute atomic E-state index is 0.0999. The number of anilines is 1. The first-order chi connectivity index (χ1) is 8.58. The SMILES string of the molecule is C=CCNC(=S)Nc1ccc(OC)cc1[N+](=O)[O-]. The van der Waals surface area contributed by atoms with Crippen LogP contribution in [0.15, 0.2) is 30.9 Å². The summed E-state index contributed by atoms with van der Waals surface area (Å²) in [5.74, 6) is 0.414. The molecule has 96 valence electrons. The summed E-state index contributed by atoms with van der Waals surface area (Å²) in [5, 5.41) is 16.8. The summed E-state index contributed by atoms with van der Waals surface area (Å²) < 4.78 is 4.94. The van der Waals surface area contributed by atoms with Crippen LogP contribution >= 0.6 is 12.2 Å². The van der Waals surface area contributed by atoms with E-state index >= 15 is 0 Å². The lowest BCUT2D eigenvalue weighted by Crippen LogP contribution is -2.28. The third-order valence-corrected chi connectivity index (χ3v) is 2.30. The molecule has 0 fully saturated rings. The second-order valence-corrected chi connectivity index (χ2v) is 3.67. The summed E-state index contributed by atoms with van der Waals surface area (Å²) in [4.78, 5) is 10.4. The molecule has 0 bridgehead atoms. The lowest BCUT2D eigenvalue weighted by molar-refractivity contribution is -0.384. The van der Waals surface area contributed by atoms with Gasteiger partial charge in [0.15, 0.2) is 5.11 Å². The summed E-state index contributed by atoms with van der Waals surface area (Å²) >= 11 is 4.99. The number of methoxy groups -OCH3 is 1. The number of nitro benzene ring substituents is 1. The highest BCUT2D eigenvalue weighted by molar-refractivity contribution is 7.80. The molecule has 1 aromatic carbocycles. The molecule has 1 rings (SSSR count). The van der Waals surface area contributed by atoms with Crippen molar-refractivity contribution >= 4 is 28.7 Å². The van der Waals surface area contributed by atoms with Crippen molar-refractivity contribution in [2.75, 3.05) is 19.0 Å². The zero-order valence-electron chi connectivity index (χ0n) is 9.80. The van der Waals surface area contributed by atoms with Crippen molar-refractivity contribution in [3.8, 4) is 5.75 Å². The van der Waals surface area contributed by atoms with E-state index in [4.69, 9.17) is 17.0 Å². The molecule has 1 aromatic rings. The zero-order chi connectivity index (χ0) is 13.5. The van der Waals surface area contributed by atoms with Gasteiger partial charge in [0, 0.05) is 6.54 Å². The van der Waals surface area contributed by atoms with Crippen LogP contribution in [-0.2, 0) is 0 Å². The maximum absolute atomic E-state index is 10.9. The van der Waals surface area contributed by atoms with Gasteiger partial charge in [0.25, 0.3) is 5.69 Å². The maximum Gasteiger partial charge on any atom is 0.296 e. The monoisotopic (exact) mass is 267 g/mol. The Hall–Kier alpha value is -2.15. The molecule has 0 unspecified atom stereocenters. The number of nitrogens with one attached hydrogen (secondary N) is 2. The van der Waals surface area contributed by atoms with E-state index in [0.717, 1.165) is 0 Å². The molecule has 0 spiro atoms. The summed E-state index contributed by atoms with van der Waals surface area (Å²) in [6.45, 7) is 4.02. The molecule has 0 aliphatic rings. The van der Waals surface area contributed by atoms with Crippen LogP contribution in [0.4, 0.5) is 11.4 Å². The molecule has 0 radical (unpaired) electrons. The van der Waals surface area contributed by atoms with Crippen LogP contribution < -0.4 is 15.4 Å². The molecule has 0 aliphatic heterocycles. The fraction of sp³-hybridized carbons (Fsp3) is 0.182. The van der Waals surface area contributed by atoms with Crippen LogP contribution in [0.2, 0.25) is 0 Å².